The van der Waals surface area contributed by atoms with Crippen molar-refractivity contribution in [2.24, 2.45) is 0 Å². The Morgan fingerprint density at radius 3 is 2.45 bits per heavy atom. The zero-order valence-corrected chi connectivity index (χ0v) is 18.8. The molecule has 1 heterocycles. The van der Waals surface area contributed by atoms with Gasteiger partial charge < -0.3 is 15.1 Å². The van der Waals surface area contributed by atoms with Gasteiger partial charge in [-0.1, -0.05) is 11.6 Å². The highest BCUT2D eigenvalue weighted by Gasteiger charge is 2.18. The molecule has 168 valence electrons. The third-order valence-corrected chi connectivity index (χ3v) is 6.84. The number of sulfonamides is 1. The molecule has 1 aliphatic rings. The fourth-order valence-electron chi connectivity index (χ4n) is 3.24. The molecule has 31 heavy (non-hydrogen) atoms. The van der Waals surface area contributed by atoms with Gasteiger partial charge in [0.05, 0.1) is 15.6 Å². The molecular formula is C21H26ClFN4O3S. The minimum absolute atomic E-state index is 0.0797. The van der Waals surface area contributed by atoms with Crippen LogP contribution in [0.1, 0.15) is 16.8 Å². The first kappa shape index (κ1) is 23.5. The largest absolute Gasteiger partial charge is 0.352 e. The molecule has 2 aromatic carbocycles. The zero-order chi connectivity index (χ0) is 22.4. The maximum Gasteiger partial charge on any atom is 0.261 e. The molecule has 1 fully saturated rings. The van der Waals surface area contributed by atoms with E-state index in [2.05, 4.69) is 26.9 Å². The van der Waals surface area contributed by atoms with E-state index in [4.69, 9.17) is 11.6 Å². The van der Waals surface area contributed by atoms with E-state index in [1.807, 2.05) is 0 Å². The van der Waals surface area contributed by atoms with E-state index < -0.39 is 15.8 Å². The summed E-state index contributed by atoms with van der Waals surface area (Å²) >= 11 is 6.12. The smallest absolute Gasteiger partial charge is 0.261 e. The molecule has 0 saturated carbocycles. The van der Waals surface area contributed by atoms with E-state index in [0.717, 1.165) is 63.4 Å². The number of benzene rings is 2. The topological polar surface area (TPSA) is 81.8 Å². The highest BCUT2D eigenvalue weighted by Crippen LogP contribution is 2.26. The number of nitrogens with zero attached hydrogens (tertiary/aromatic N) is 2. The van der Waals surface area contributed by atoms with Gasteiger partial charge in [0.25, 0.3) is 15.9 Å². The number of nitrogens with one attached hydrogen (secondary N) is 2. The number of carbonyl (C=O) groups is 1. The Hall–Kier alpha value is -2.20. The highest BCUT2D eigenvalue weighted by molar-refractivity contribution is 7.92. The molecular weight excluding hydrogens is 443 g/mol. The van der Waals surface area contributed by atoms with Gasteiger partial charge in [0.1, 0.15) is 5.82 Å². The average molecular weight is 469 g/mol. The van der Waals surface area contributed by atoms with Gasteiger partial charge >= 0.3 is 0 Å². The molecule has 10 heteroatoms. The summed E-state index contributed by atoms with van der Waals surface area (Å²) in [6.45, 7) is 5.59. The second-order valence-electron chi connectivity index (χ2n) is 7.51. The summed E-state index contributed by atoms with van der Waals surface area (Å²) < 4.78 is 40.5. The summed E-state index contributed by atoms with van der Waals surface area (Å²) in [4.78, 5) is 17.0. The first-order valence-electron chi connectivity index (χ1n) is 10.0. The number of amides is 1. The molecule has 1 amide bonds. The number of piperazine rings is 1. The van der Waals surface area contributed by atoms with E-state index in [0.29, 0.717) is 12.1 Å². The van der Waals surface area contributed by atoms with Crippen LogP contribution in [-0.2, 0) is 10.0 Å². The molecule has 0 radical (unpaired) electrons. The lowest BCUT2D eigenvalue weighted by molar-refractivity contribution is 0.0949. The summed E-state index contributed by atoms with van der Waals surface area (Å²) in [6, 6.07) is 8.81. The van der Waals surface area contributed by atoms with E-state index in [1.165, 1.54) is 18.2 Å². The number of hydrogen-bond acceptors (Lipinski definition) is 5. The van der Waals surface area contributed by atoms with Gasteiger partial charge in [-0.05, 0) is 62.5 Å². The van der Waals surface area contributed by atoms with Crippen molar-refractivity contribution < 1.29 is 17.6 Å². The van der Waals surface area contributed by atoms with Gasteiger partial charge in [0, 0.05) is 38.3 Å². The lowest BCUT2D eigenvalue weighted by Crippen LogP contribution is -2.45. The molecule has 0 atom stereocenters. The predicted molar refractivity (Wildman–Crippen MR) is 120 cm³/mol. The van der Waals surface area contributed by atoms with Crippen molar-refractivity contribution in [3.8, 4) is 0 Å². The molecule has 7 nitrogen and oxygen atoms in total. The number of likely N-dealkylation sites (N-methyl/N-ethyl adjacent to an activating group) is 1. The van der Waals surface area contributed by atoms with Gasteiger partial charge in [-0.15, -0.1) is 0 Å². The molecule has 0 aromatic heterocycles. The fraction of sp³-hybridized carbons (Fsp3) is 0.381. The summed E-state index contributed by atoms with van der Waals surface area (Å²) in [7, 11) is -1.87. The maximum atomic E-state index is 13.1. The van der Waals surface area contributed by atoms with Gasteiger partial charge in [-0.25, -0.2) is 12.8 Å². The summed E-state index contributed by atoms with van der Waals surface area (Å²) in [6.07, 6.45) is 0.826. The number of carbonyl (C=O) groups excluding carboxylic acids is 1. The van der Waals surface area contributed by atoms with Gasteiger partial charge in [0.15, 0.2) is 0 Å². The predicted octanol–water partition coefficient (Wildman–Crippen LogP) is 2.65. The standard InChI is InChI=1S/C21H26ClFN4O3S/c1-26-11-13-27(14-12-26)10-2-9-24-21(28)16-3-8-19(22)20(15-16)25-31(29,30)18-6-4-17(23)5-7-18/h3-8,15,25H,2,9-14H2,1H3,(H,24,28). The Kier molecular flexibility index (Phi) is 7.88. The van der Waals surface area contributed by atoms with Crippen LogP contribution in [0.25, 0.3) is 0 Å². The highest BCUT2D eigenvalue weighted by atomic mass is 35.5. The summed E-state index contributed by atoms with van der Waals surface area (Å²) in [5.41, 5.74) is 0.372. The zero-order valence-electron chi connectivity index (χ0n) is 17.3. The lowest BCUT2D eigenvalue weighted by Gasteiger charge is -2.32. The molecule has 0 spiro atoms. The quantitative estimate of drug-likeness (QED) is 0.582. The second-order valence-corrected chi connectivity index (χ2v) is 9.60. The molecule has 3 rings (SSSR count). The Morgan fingerprint density at radius 2 is 1.77 bits per heavy atom. The molecule has 1 saturated heterocycles. The van der Waals surface area contributed by atoms with Crippen LogP contribution in [0.5, 0.6) is 0 Å². The Balaban J connectivity index is 1.57. The van der Waals surface area contributed by atoms with Gasteiger partial charge in [0.2, 0.25) is 0 Å². The van der Waals surface area contributed by atoms with Crippen LogP contribution in [0, 0.1) is 5.82 Å². The van der Waals surface area contributed by atoms with Crippen molar-refractivity contribution in [3.63, 3.8) is 0 Å². The van der Waals surface area contributed by atoms with Crippen LogP contribution >= 0.6 is 11.6 Å². The third-order valence-electron chi connectivity index (χ3n) is 5.13. The molecule has 2 aromatic rings. The van der Waals surface area contributed by atoms with E-state index >= 15 is 0 Å². The summed E-state index contributed by atoms with van der Waals surface area (Å²) in [5.74, 6) is -0.847. The van der Waals surface area contributed by atoms with Crippen LogP contribution in [0.4, 0.5) is 10.1 Å². The Bertz CT molecular complexity index is 1010. The van der Waals surface area contributed by atoms with Crippen LogP contribution in [-0.4, -0.2) is 70.4 Å². The molecule has 0 bridgehead atoms. The van der Waals surface area contributed by atoms with Crippen LogP contribution in [0.2, 0.25) is 5.02 Å². The second kappa shape index (κ2) is 10.4. The monoisotopic (exact) mass is 468 g/mol. The summed E-state index contributed by atoms with van der Waals surface area (Å²) in [5, 5.41) is 3.01. The Morgan fingerprint density at radius 1 is 1.10 bits per heavy atom. The van der Waals surface area contributed by atoms with Gasteiger partial charge in [-0.3, -0.25) is 9.52 Å². The van der Waals surface area contributed by atoms with E-state index in [1.54, 1.807) is 0 Å². The maximum absolute atomic E-state index is 13.1. The average Bonchev–Trinajstić information content (AvgIpc) is 2.74. The van der Waals surface area contributed by atoms with Crippen molar-refractivity contribution in [1.82, 2.24) is 15.1 Å². The minimum Gasteiger partial charge on any atom is -0.352 e. The molecule has 2 N–H and O–H groups in total. The van der Waals surface area contributed by atoms with Crippen molar-refractivity contribution in [3.05, 3.63) is 58.9 Å². The first-order valence-corrected chi connectivity index (χ1v) is 11.9. The first-order chi connectivity index (χ1) is 14.7. The van der Waals surface area contributed by atoms with Crippen molar-refractivity contribution in [1.29, 1.82) is 0 Å². The van der Waals surface area contributed by atoms with Crippen molar-refractivity contribution in [2.45, 2.75) is 11.3 Å². The van der Waals surface area contributed by atoms with Crippen LogP contribution in [0.3, 0.4) is 0 Å². The van der Waals surface area contributed by atoms with Crippen LogP contribution in [0.15, 0.2) is 47.4 Å². The lowest BCUT2D eigenvalue weighted by atomic mass is 10.2. The van der Waals surface area contributed by atoms with Crippen molar-refractivity contribution >= 4 is 33.2 Å². The van der Waals surface area contributed by atoms with Gasteiger partial charge in [-0.2, -0.15) is 0 Å². The normalized spacial score (nSPS) is 15.6. The van der Waals surface area contributed by atoms with Crippen LogP contribution < -0.4 is 10.0 Å². The number of hydrogen-bond donors (Lipinski definition) is 2. The number of halogens is 2. The molecule has 0 unspecified atom stereocenters. The minimum atomic E-state index is -3.97. The fourth-order valence-corrected chi connectivity index (χ4v) is 4.53. The SMILES string of the molecule is CN1CCN(CCCNC(=O)c2ccc(Cl)c(NS(=O)(=O)c3ccc(F)cc3)c2)CC1. The number of rotatable bonds is 8. The van der Waals surface area contributed by atoms with E-state index in [-0.39, 0.29) is 21.5 Å². The third kappa shape index (κ3) is 6.64. The van der Waals surface area contributed by atoms with E-state index in [9.17, 15) is 17.6 Å². The number of anilines is 1. The van der Waals surface area contributed by atoms with Crippen molar-refractivity contribution in [2.75, 3.05) is 51.0 Å². The Labute approximate surface area is 187 Å². The molecule has 0 aliphatic carbocycles. The molecule has 1 aliphatic heterocycles.